The lowest BCUT2D eigenvalue weighted by Crippen LogP contribution is -2.01. The first-order chi connectivity index (χ1) is 3.31. The van der Waals surface area contributed by atoms with Crippen LogP contribution in [0.25, 0.3) is 0 Å². The lowest BCUT2D eigenvalue weighted by molar-refractivity contribution is 0.119. The first kappa shape index (κ1) is 6.70. The van der Waals surface area contributed by atoms with Gasteiger partial charge in [-0.25, -0.2) is 0 Å². The van der Waals surface area contributed by atoms with E-state index in [9.17, 15) is 0 Å². The predicted molar refractivity (Wildman–Crippen MR) is 30.0 cm³/mol. The van der Waals surface area contributed by atoms with Gasteiger partial charge < -0.3 is 4.74 Å². The molecule has 0 aliphatic rings. The van der Waals surface area contributed by atoms with Crippen LogP contribution in [-0.2, 0) is 4.74 Å². The smallest absolute Gasteiger partial charge is 0.0583 e. The molecule has 1 atom stereocenters. The molecule has 0 rings (SSSR count). The zero-order chi connectivity index (χ0) is 5.70. The van der Waals surface area contributed by atoms with Crippen molar-refractivity contribution in [3.63, 3.8) is 0 Å². The molecular formula is C6H11O. The van der Waals surface area contributed by atoms with Crippen molar-refractivity contribution in [2.24, 2.45) is 0 Å². The monoisotopic (exact) mass is 99.1 g/mol. The second-order valence-corrected chi connectivity index (χ2v) is 1.50. The maximum atomic E-state index is 4.89. The maximum Gasteiger partial charge on any atom is 0.0583 e. The first-order valence-electron chi connectivity index (χ1n) is 2.34. The second-order valence-electron chi connectivity index (χ2n) is 1.50. The molecule has 0 aliphatic carbocycles. The number of hydrogen-bond acceptors (Lipinski definition) is 1. The summed E-state index contributed by atoms with van der Waals surface area (Å²) < 4.78 is 4.89. The zero-order valence-corrected chi connectivity index (χ0v) is 4.90. The molecule has 1 nitrogen and oxygen atoms in total. The molecule has 0 aromatic carbocycles. The van der Waals surface area contributed by atoms with Crippen molar-refractivity contribution >= 4 is 0 Å². The topological polar surface area (TPSA) is 9.23 Å². The standard InChI is InChI=1S/C6H11O/c1-4-5-6(2)7-3/h6H,1,5H2,2-3H3. The van der Waals surface area contributed by atoms with Gasteiger partial charge in [-0.05, 0) is 19.4 Å². The lowest BCUT2D eigenvalue weighted by Gasteiger charge is -2.02. The summed E-state index contributed by atoms with van der Waals surface area (Å²) in [5.74, 6) is 0. The molecule has 0 aromatic rings. The van der Waals surface area contributed by atoms with Crippen molar-refractivity contribution in [3.05, 3.63) is 12.7 Å². The van der Waals surface area contributed by atoms with E-state index in [4.69, 9.17) is 4.74 Å². The Morgan fingerprint density at radius 2 is 2.43 bits per heavy atom. The van der Waals surface area contributed by atoms with E-state index in [0.29, 0.717) is 0 Å². The summed E-state index contributed by atoms with van der Waals surface area (Å²) in [7, 11) is 1.68. The van der Waals surface area contributed by atoms with Gasteiger partial charge in [0.25, 0.3) is 0 Å². The van der Waals surface area contributed by atoms with Crippen molar-refractivity contribution in [2.75, 3.05) is 7.11 Å². The Hall–Kier alpha value is -0.300. The van der Waals surface area contributed by atoms with Crippen molar-refractivity contribution < 1.29 is 4.74 Å². The summed E-state index contributed by atoms with van der Waals surface area (Å²) in [4.78, 5) is 0. The fourth-order valence-electron chi connectivity index (χ4n) is 0.287. The van der Waals surface area contributed by atoms with Gasteiger partial charge in [-0.1, -0.05) is 6.58 Å². The van der Waals surface area contributed by atoms with Crippen LogP contribution in [0.4, 0.5) is 0 Å². The molecule has 7 heavy (non-hydrogen) atoms. The summed E-state index contributed by atoms with van der Waals surface area (Å²) in [6, 6.07) is 0. The molecule has 1 unspecified atom stereocenters. The third kappa shape index (κ3) is 3.53. The van der Waals surface area contributed by atoms with Crippen LogP contribution in [0.5, 0.6) is 0 Å². The molecule has 0 amide bonds. The van der Waals surface area contributed by atoms with E-state index in [2.05, 4.69) is 12.7 Å². The van der Waals surface area contributed by atoms with E-state index in [1.165, 1.54) is 0 Å². The summed E-state index contributed by atoms with van der Waals surface area (Å²) >= 11 is 0. The molecule has 41 valence electrons. The molecule has 0 bridgehead atoms. The van der Waals surface area contributed by atoms with Crippen LogP contribution in [0.1, 0.15) is 13.3 Å². The van der Waals surface area contributed by atoms with E-state index in [-0.39, 0.29) is 6.10 Å². The van der Waals surface area contributed by atoms with Gasteiger partial charge in [0.15, 0.2) is 0 Å². The van der Waals surface area contributed by atoms with Crippen LogP contribution in [0.15, 0.2) is 6.58 Å². The number of hydrogen-bond donors (Lipinski definition) is 0. The molecule has 0 N–H and O–H groups in total. The molecule has 0 saturated heterocycles. The normalized spacial score (nSPS) is 13.4. The van der Waals surface area contributed by atoms with Gasteiger partial charge in [0.2, 0.25) is 0 Å². The van der Waals surface area contributed by atoms with Gasteiger partial charge in [0.1, 0.15) is 0 Å². The Kier molecular flexibility index (Phi) is 3.71. The van der Waals surface area contributed by atoms with Crippen molar-refractivity contribution in [2.45, 2.75) is 19.4 Å². The van der Waals surface area contributed by atoms with Gasteiger partial charge in [-0.3, -0.25) is 0 Å². The molecular weight excluding hydrogens is 88.1 g/mol. The highest BCUT2D eigenvalue weighted by atomic mass is 16.5. The molecule has 0 aromatic heterocycles. The fourth-order valence-corrected chi connectivity index (χ4v) is 0.287. The molecule has 0 fully saturated rings. The first-order valence-corrected chi connectivity index (χ1v) is 2.34. The molecule has 1 radical (unpaired) electrons. The van der Waals surface area contributed by atoms with Crippen molar-refractivity contribution in [1.29, 1.82) is 0 Å². The summed E-state index contributed by atoms with van der Waals surface area (Å²) in [5.41, 5.74) is 0. The SMILES string of the molecule is C=[C]CC(C)OC. The number of methoxy groups -OCH3 is 1. The van der Waals surface area contributed by atoms with Crippen LogP contribution in [-0.4, -0.2) is 13.2 Å². The molecule has 0 heterocycles. The minimum Gasteiger partial charge on any atom is -0.381 e. The quantitative estimate of drug-likeness (QED) is 0.519. The van der Waals surface area contributed by atoms with E-state index in [0.717, 1.165) is 6.42 Å². The Morgan fingerprint density at radius 3 is 2.57 bits per heavy atom. The van der Waals surface area contributed by atoms with Crippen LogP contribution in [0.3, 0.4) is 0 Å². The van der Waals surface area contributed by atoms with Crippen LogP contribution in [0.2, 0.25) is 0 Å². The van der Waals surface area contributed by atoms with Crippen LogP contribution < -0.4 is 0 Å². The number of ether oxygens (including phenoxy) is 1. The Balaban J connectivity index is 2.98. The fraction of sp³-hybridized carbons (Fsp3) is 0.667. The average Bonchev–Trinajstić information content (AvgIpc) is 1.68. The zero-order valence-electron chi connectivity index (χ0n) is 4.90. The van der Waals surface area contributed by atoms with Gasteiger partial charge in [-0.15, -0.1) is 0 Å². The average molecular weight is 99.2 g/mol. The molecule has 0 saturated carbocycles. The third-order valence-electron chi connectivity index (χ3n) is 0.834. The Labute approximate surface area is 45.0 Å². The minimum absolute atomic E-state index is 0.275. The van der Waals surface area contributed by atoms with E-state index in [1.54, 1.807) is 7.11 Å². The van der Waals surface area contributed by atoms with E-state index >= 15 is 0 Å². The summed E-state index contributed by atoms with van der Waals surface area (Å²) in [6.07, 6.45) is 3.83. The summed E-state index contributed by atoms with van der Waals surface area (Å²) in [6.45, 7) is 5.43. The van der Waals surface area contributed by atoms with E-state index in [1.807, 2.05) is 6.92 Å². The lowest BCUT2D eigenvalue weighted by atomic mass is 10.3. The van der Waals surface area contributed by atoms with Crippen LogP contribution in [0, 0.1) is 6.08 Å². The van der Waals surface area contributed by atoms with Gasteiger partial charge >= 0.3 is 0 Å². The Morgan fingerprint density at radius 1 is 1.86 bits per heavy atom. The highest BCUT2D eigenvalue weighted by Crippen LogP contribution is 1.92. The molecule has 1 heteroatoms. The largest absolute Gasteiger partial charge is 0.381 e. The van der Waals surface area contributed by atoms with Crippen molar-refractivity contribution in [3.8, 4) is 0 Å². The highest BCUT2D eigenvalue weighted by Gasteiger charge is 1.91. The number of rotatable bonds is 3. The summed E-state index contributed by atoms with van der Waals surface area (Å²) in [5, 5.41) is 0. The van der Waals surface area contributed by atoms with Gasteiger partial charge in [0.05, 0.1) is 6.10 Å². The van der Waals surface area contributed by atoms with Crippen LogP contribution >= 0.6 is 0 Å². The predicted octanol–water partition coefficient (Wildman–Crippen LogP) is 1.40. The highest BCUT2D eigenvalue weighted by molar-refractivity contribution is 4.59. The molecule has 0 spiro atoms. The Bertz CT molecular complexity index is 50.1. The second kappa shape index (κ2) is 3.88. The van der Waals surface area contributed by atoms with E-state index < -0.39 is 0 Å². The minimum atomic E-state index is 0.275. The van der Waals surface area contributed by atoms with Crippen molar-refractivity contribution in [1.82, 2.24) is 0 Å². The van der Waals surface area contributed by atoms with Gasteiger partial charge in [-0.2, -0.15) is 0 Å². The third-order valence-corrected chi connectivity index (χ3v) is 0.834. The molecule has 0 aliphatic heterocycles. The van der Waals surface area contributed by atoms with Gasteiger partial charge in [0, 0.05) is 7.11 Å². The maximum absolute atomic E-state index is 4.89.